The molecular formula is C20H21F3N4OSW. The number of nitrogens with one attached hydrogen (secondary N) is 2. The Morgan fingerprint density at radius 3 is 2.50 bits per heavy atom. The number of hydrogen-bond acceptors (Lipinski definition) is 5. The largest absolute Gasteiger partial charge is 2.00 e. The summed E-state index contributed by atoms with van der Waals surface area (Å²) >= 11 is -1.11. The predicted molar refractivity (Wildman–Crippen MR) is 109 cm³/mol. The van der Waals surface area contributed by atoms with Crippen LogP contribution in [0.5, 0.6) is 0 Å². The molecule has 2 aliphatic rings. The first-order valence-electron chi connectivity index (χ1n) is 9.05. The minimum absolute atomic E-state index is 0. The van der Waals surface area contributed by atoms with Gasteiger partial charge in [-0.05, 0) is 12.1 Å². The van der Waals surface area contributed by atoms with Crippen LogP contribution in [0.3, 0.4) is 0 Å². The maximum absolute atomic E-state index is 12.9. The van der Waals surface area contributed by atoms with Gasteiger partial charge in [0.15, 0.2) is 5.84 Å². The minimum Gasteiger partial charge on any atom is -0.699 e. The van der Waals surface area contributed by atoms with Gasteiger partial charge in [-0.1, -0.05) is 54.6 Å². The molecule has 1 fully saturated rings. The standard InChI is InChI=1S/C11H14N.C9H7F3N3OS.W/c1-2-6-11(7-3-1)10-12-8-4-5-9-12;10-9(11,17-12)8-14-7(15-16-8)5-1-3-6(13)4-2-5;/h1-4,6-7H,5,8-10H2;1-4,8,13H,(H,14,15);/q2*-1;+2. The number of hydrogen-bond donors (Lipinski definition) is 1. The van der Waals surface area contributed by atoms with Gasteiger partial charge in [-0.15, -0.1) is 12.2 Å². The van der Waals surface area contributed by atoms with Crippen LogP contribution in [0.25, 0.3) is 5.73 Å². The van der Waals surface area contributed by atoms with Crippen molar-refractivity contribution < 1.29 is 38.6 Å². The molecule has 0 bridgehead atoms. The normalized spacial score (nSPS) is 18.6. The van der Waals surface area contributed by atoms with Crippen LogP contribution in [-0.2, 0) is 32.4 Å². The van der Waals surface area contributed by atoms with Crippen LogP contribution in [-0.4, -0.2) is 35.3 Å². The van der Waals surface area contributed by atoms with Gasteiger partial charge in [0.1, 0.15) is 12.1 Å². The number of alkyl halides is 2. The first-order chi connectivity index (χ1) is 14.0. The van der Waals surface area contributed by atoms with Gasteiger partial charge in [0, 0.05) is 12.1 Å². The van der Waals surface area contributed by atoms with Gasteiger partial charge in [0.2, 0.25) is 0 Å². The van der Waals surface area contributed by atoms with E-state index in [-0.39, 0.29) is 32.6 Å². The van der Waals surface area contributed by atoms with E-state index >= 15 is 0 Å². The number of benzene rings is 2. The third kappa shape index (κ3) is 7.01. The Morgan fingerprint density at radius 2 is 1.90 bits per heavy atom. The van der Waals surface area contributed by atoms with E-state index in [4.69, 9.17) is 5.73 Å². The molecule has 1 atom stereocenters. The molecule has 4 rings (SSSR count). The Kier molecular flexibility index (Phi) is 9.68. The van der Waals surface area contributed by atoms with Gasteiger partial charge in [-0.2, -0.15) is 19.1 Å². The van der Waals surface area contributed by atoms with Crippen LogP contribution in [0.2, 0.25) is 0 Å². The maximum atomic E-state index is 12.9. The second-order valence-electron chi connectivity index (χ2n) is 6.56. The van der Waals surface area contributed by atoms with E-state index in [1.54, 1.807) is 0 Å². The minimum atomic E-state index is -3.73. The van der Waals surface area contributed by atoms with Gasteiger partial charge in [-0.3, -0.25) is 0 Å². The third-order valence-electron chi connectivity index (χ3n) is 4.35. The third-order valence-corrected chi connectivity index (χ3v) is 4.76. The molecule has 0 aliphatic carbocycles. The quantitative estimate of drug-likeness (QED) is 0.471. The number of hydroxylamine groups is 1. The monoisotopic (exact) mass is 606 g/mol. The molecule has 1 unspecified atom stereocenters. The Balaban J connectivity index is 0.000000218. The van der Waals surface area contributed by atoms with Crippen LogP contribution in [0, 0.1) is 6.42 Å². The van der Waals surface area contributed by atoms with Gasteiger partial charge in [0.25, 0.3) is 6.23 Å². The summed E-state index contributed by atoms with van der Waals surface area (Å²) in [7, 11) is 0. The van der Waals surface area contributed by atoms with Crippen molar-refractivity contribution in [3.8, 4) is 0 Å². The van der Waals surface area contributed by atoms with E-state index in [2.05, 4.69) is 57.0 Å². The molecule has 2 aliphatic heterocycles. The second kappa shape index (κ2) is 11.7. The molecule has 5 nitrogen and oxygen atoms in total. The van der Waals surface area contributed by atoms with Crippen molar-refractivity contribution in [3.63, 3.8) is 0 Å². The van der Waals surface area contributed by atoms with Crippen LogP contribution >= 0.6 is 12.1 Å². The summed E-state index contributed by atoms with van der Waals surface area (Å²) in [6.45, 7) is 3.50. The van der Waals surface area contributed by atoms with Gasteiger partial charge in [-0.25, -0.2) is 15.3 Å². The van der Waals surface area contributed by atoms with Crippen LogP contribution in [0.15, 0.2) is 59.6 Å². The second-order valence-corrected chi connectivity index (χ2v) is 7.26. The van der Waals surface area contributed by atoms with Crippen molar-refractivity contribution in [1.29, 1.82) is 0 Å². The fraction of sp³-hybridized carbons (Fsp3) is 0.300. The zero-order valence-electron chi connectivity index (χ0n) is 15.9. The average Bonchev–Trinajstić information content (AvgIpc) is 3.42. The zero-order chi connectivity index (χ0) is 20.7. The summed E-state index contributed by atoms with van der Waals surface area (Å²) in [6, 6.07) is 16.7. The topological polar surface area (TPSA) is 60.7 Å². The summed E-state index contributed by atoms with van der Waals surface area (Å²) in [6.07, 6.45) is 1.71. The summed E-state index contributed by atoms with van der Waals surface area (Å²) < 4.78 is 37.8. The summed E-state index contributed by atoms with van der Waals surface area (Å²) in [5, 5.41) is -3.73. The summed E-state index contributed by atoms with van der Waals surface area (Å²) in [5.41, 5.74) is 11.7. The van der Waals surface area contributed by atoms with Crippen molar-refractivity contribution in [2.75, 3.05) is 13.1 Å². The molecule has 0 amide bonds. The van der Waals surface area contributed by atoms with Gasteiger partial charge >= 0.3 is 26.3 Å². The average molecular weight is 606 g/mol. The fourth-order valence-corrected chi connectivity index (χ4v) is 3.03. The number of halogens is 3. The molecule has 160 valence electrons. The fourth-order valence-electron chi connectivity index (χ4n) is 2.85. The molecule has 2 aromatic carbocycles. The van der Waals surface area contributed by atoms with Crippen molar-refractivity contribution in [2.45, 2.75) is 24.4 Å². The molecule has 30 heavy (non-hydrogen) atoms. The number of amidine groups is 1. The molecule has 2 aromatic rings. The first kappa shape index (κ1) is 24.7. The number of aliphatic imine (C=N–C) groups is 1. The smallest absolute Gasteiger partial charge is 0.699 e. The van der Waals surface area contributed by atoms with Crippen molar-refractivity contribution in [3.05, 3.63) is 77.9 Å². The molecule has 1 saturated heterocycles. The van der Waals surface area contributed by atoms with E-state index in [0.717, 1.165) is 13.1 Å². The molecule has 0 spiro atoms. The molecule has 10 heteroatoms. The van der Waals surface area contributed by atoms with Crippen LogP contribution in [0.4, 0.5) is 18.4 Å². The molecule has 0 radical (unpaired) electrons. The molecular weight excluding hydrogens is 585 g/mol. The van der Waals surface area contributed by atoms with Gasteiger partial charge < -0.3 is 17.1 Å². The van der Waals surface area contributed by atoms with E-state index in [1.165, 1.54) is 42.8 Å². The Hall–Kier alpha value is -1.54. The van der Waals surface area contributed by atoms with Crippen molar-refractivity contribution >= 4 is 23.7 Å². The molecule has 2 N–H and O–H groups in total. The Bertz CT molecular complexity index is 805. The van der Waals surface area contributed by atoms with E-state index in [0.29, 0.717) is 5.56 Å². The predicted octanol–water partition coefficient (Wildman–Crippen LogP) is 5.28. The first-order valence-corrected chi connectivity index (χ1v) is 9.76. The SMILES string of the molecule is [NH-]c1ccc(C2=NC(C(F)(F)SF)ON2)cc1.[W+2].c1ccc(CN2C[CH-]CC2)cc1. The zero-order valence-corrected chi connectivity index (χ0v) is 19.7. The Morgan fingerprint density at radius 1 is 1.20 bits per heavy atom. The van der Waals surface area contributed by atoms with E-state index in [9.17, 15) is 12.7 Å². The van der Waals surface area contributed by atoms with E-state index in [1.807, 2.05) is 0 Å². The maximum Gasteiger partial charge on any atom is 2.00 e. The Labute approximate surface area is 192 Å². The number of nitrogens with zero attached hydrogens (tertiary/aromatic N) is 2. The van der Waals surface area contributed by atoms with Crippen LogP contribution < -0.4 is 5.48 Å². The number of rotatable bonds is 5. The van der Waals surface area contributed by atoms with E-state index < -0.39 is 23.6 Å². The van der Waals surface area contributed by atoms with Gasteiger partial charge in [0.05, 0.1) is 0 Å². The molecule has 0 aromatic heterocycles. The summed E-state index contributed by atoms with van der Waals surface area (Å²) in [4.78, 5) is 10.5. The van der Waals surface area contributed by atoms with Crippen LogP contribution in [0.1, 0.15) is 17.5 Å². The summed E-state index contributed by atoms with van der Waals surface area (Å²) in [5.74, 6) is 0.0868. The molecule has 2 heterocycles. The van der Waals surface area contributed by atoms with Crippen molar-refractivity contribution in [2.24, 2.45) is 4.99 Å². The molecule has 0 saturated carbocycles. The van der Waals surface area contributed by atoms with Crippen molar-refractivity contribution in [1.82, 2.24) is 10.4 Å². The number of likely N-dealkylation sites (tertiary alicyclic amines) is 1.